The average molecular weight is 545 g/mol. The number of benzene rings is 4. The topological polar surface area (TPSA) is 71.6 Å². The maximum atomic E-state index is 9.25. The van der Waals surface area contributed by atoms with Gasteiger partial charge in [0.15, 0.2) is 0 Å². The molecule has 0 saturated heterocycles. The Bertz CT molecular complexity index is 2020. The van der Waals surface area contributed by atoms with Crippen molar-refractivity contribution in [1.29, 1.82) is 10.5 Å². The summed E-state index contributed by atoms with van der Waals surface area (Å²) in [6.07, 6.45) is 9.39. The molecule has 1 atom stereocenters. The fourth-order valence-electron chi connectivity index (χ4n) is 5.45. The standard InChI is InChI=1S/C36H24N4S/c37-21-23-13-15-39-33(17-23)27-5-1-25(2-6-27)29-9-11-35-31(19-29)32-20-30(10-12-36(32)41-35)26-3-7-28(8-4-26)34-18-24(22-38)14-16-40-34/h1-15,17-20,33,39-40H,16H2. The Labute approximate surface area is 242 Å². The van der Waals surface area contributed by atoms with Gasteiger partial charge >= 0.3 is 0 Å². The van der Waals surface area contributed by atoms with Crippen LogP contribution in [0.15, 0.2) is 127 Å². The number of dihydropyridines is 2. The van der Waals surface area contributed by atoms with E-state index in [2.05, 4.69) is 108 Å². The summed E-state index contributed by atoms with van der Waals surface area (Å²) in [4.78, 5) is 0. The molecule has 0 aliphatic carbocycles. The third-order valence-electron chi connectivity index (χ3n) is 7.66. The molecule has 5 heteroatoms. The second-order valence-corrected chi connectivity index (χ2v) is 11.2. The molecule has 7 rings (SSSR count). The summed E-state index contributed by atoms with van der Waals surface area (Å²) in [7, 11) is 0. The molecule has 2 aliphatic heterocycles. The van der Waals surface area contributed by atoms with Crippen LogP contribution in [0.3, 0.4) is 0 Å². The number of hydrogen-bond donors (Lipinski definition) is 2. The number of fused-ring (bicyclic) bond motifs is 3. The summed E-state index contributed by atoms with van der Waals surface area (Å²) >= 11 is 1.82. The number of thiophene rings is 1. The Morgan fingerprint density at radius 3 is 1.90 bits per heavy atom. The van der Waals surface area contributed by atoms with Gasteiger partial charge in [0.1, 0.15) is 0 Å². The van der Waals surface area contributed by atoms with Crippen molar-refractivity contribution in [2.24, 2.45) is 0 Å². The normalized spacial score (nSPS) is 16.1. The van der Waals surface area contributed by atoms with Crippen LogP contribution in [0, 0.1) is 22.7 Å². The predicted molar refractivity (Wildman–Crippen MR) is 169 cm³/mol. The van der Waals surface area contributed by atoms with Crippen LogP contribution in [0.5, 0.6) is 0 Å². The second kappa shape index (κ2) is 10.3. The third kappa shape index (κ3) is 4.70. The zero-order valence-electron chi connectivity index (χ0n) is 22.1. The molecule has 194 valence electrons. The Kier molecular flexibility index (Phi) is 6.21. The molecular formula is C36H24N4S. The quantitative estimate of drug-likeness (QED) is 0.238. The molecule has 0 amide bonds. The average Bonchev–Trinajstić information content (AvgIpc) is 3.42. The Morgan fingerprint density at radius 1 is 0.683 bits per heavy atom. The van der Waals surface area contributed by atoms with Crippen molar-refractivity contribution in [3.05, 3.63) is 138 Å². The van der Waals surface area contributed by atoms with Gasteiger partial charge in [0, 0.05) is 32.4 Å². The van der Waals surface area contributed by atoms with Gasteiger partial charge in [0.2, 0.25) is 0 Å². The van der Waals surface area contributed by atoms with Gasteiger partial charge in [-0.1, -0.05) is 60.7 Å². The van der Waals surface area contributed by atoms with E-state index in [1.54, 1.807) is 6.08 Å². The second-order valence-electron chi connectivity index (χ2n) is 10.1. The van der Waals surface area contributed by atoms with E-state index >= 15 is 0 Å². The molecule has 2 N–H and O–H groups in total. The highest BCUT2D eigenvalue weighted by atomic mass is 32.1. The number of rotatable bonds is 4. The van der Waals surface area contributed by atoms with E-state index in [9.17, 15) is 10.5 Å². The highest BCUT2D eigenvalue weighted by Crippen LogP contribution is 2.39. The van der Waals surface area contributed by atoms with Crippen LogP contribution >= 0.6 is 11.3 Å². The van der Waals surface area contributed by atoms with Crippen molar-refractivity contribution in [2.45, 2.75) is 6.04 Å². The monoisotopic (exact) mass is 544 g/mol. The van der Waals surface area contributed by atoms with Gasteiger partial charge in [0.05, 0.1) is 29.3 Å². The molecular weight excluding hydrogens is 520 g/mol. The highest BCUT2D eigenvalue weighted by molar-refractivity contribution is 7.25. The summed E-state index contributed by atoms with van der Waals surface area (Å²) in [5, 5.41) is 27.7. The van der Waals surface area contributed by atoms with Crippen LogP contribution in [0.2, 0.25) is 0 Å². The molecule has 0 spiro atoms. The van der Waals surface area contributed by atoms with E-state index < -0.39 is 0 Å². The minimum Gasteiger partial charge on any atom is -0.381 e. The van der Waals surface area contributed by atoms with E-state index in [-0.39, 0.29) is 6.04 Å². The molecule has 2 aliphatic rings. The molecule has 0 saturated carbocycles. The minimum absolute atomic E-state index is 0.00185. The Morgan fingerprint density at radius 2 is 1.27 bits per heavy atom. The van der Waals surface area contributed by atoms with E-state index in [0.717, 1.165) is 28.0 Å². The van der Waals surface area contributed by atoms with E-state index in [1.165, 1.54) is 31.3 Å². The van der Waals surface area contributed by atoms with E-state index in [4.69, 9.17) is 0 Å². The maximum absolute atomic E-state index is 9.25. The summed E-state index contributed by atoms with van der Waals surface area (Å²) in [6.45, 7) is 0.667. The first-order chi connectivity index (χ1) is 20.2. The van der Waals surface area contributed by atoms with Crippen molar-refractivity contribution in [3.63, 3.8) is 0 Å². The molecule has 4 nitrogen and oxygen atoms in total. The fraction of sp³-hybridized carbons (Fsp3) is 0.0556. The van der Waals surface area contributed by atoms with E-state index in [1.807, 2.05) is 35.8 Å². The van der Waals surface area contributed by atoms with Crippen molar-refractivity contribution in [2.75, 3.05) is 6.54 Å². The predicted octanol–water partition coefficient (Wildman–Crippen LogP) is 8.39. The first kappa shape index (κ1) is 24.7. The summed E-state index contributed by atoms with van der Waals surface area (Å²) < 4.78 is 2.55. The van der Waals surface area contributed by atoms with Gasteiger partial charge in [-0.2, -0.15) is 10.5 Å². The number of hydrogen-bond acceptors (Lipinski definition) is 5. The zero-order chi connectivity index (χ0) is 27.8. The smallest absolute Gasteiger partial charge is 0.0989 e. The van der Waals surface area contributed by atoms with Crippen molar-refractivity contribution < 1.29 is 0 Å². The molecule has 0 radical (unpaired) electrons. The van der Waals surface area contributed by atoms with Crippen LogP contribution in [-0.2, 0) is 0 Å². The molecule has 0 bridgehead atoms. The minimum atomic E-state index is 0.00185. The van der Waals surface area contributed by atoms with Gasteiger partial charge < -0.3 is 10.6 Å². The number of nitrogens with zero attached hydrogens (tertiary/aromatic N) is 2. The first-order valence-electron chi connectivity index (χ1n) is 13.5. The molecule has 1 aromatic heterocycles. The number of nitriles is 2. The molecule has 4 aromatic carbocycles. The molecule has 3 heterocycles. The lowest BCUT2D eigenvalue weighted by Crippen LogP contribution is -2.16. The van der Waals surface area contributed by atoms with Crippen LogP contribution in [0.4, 0.5) is 0 Å². The van der Waals surface area contributed by atoms with Gasteiger partial charge in [0.25, 0.3) is 0 Å². The largest absolute Gasteiger partial charge is 0.381 e. The first-order valence-corrected chi connectivity index (χ1v) is 14.3. The summed E-state index contributed by atoms with van der Waals surface area (Å²) in [5.74, 6) is 0. The van der Waals surface area contributed by atoms with Gasteiger partial charge in [-0.05, 0) is 88.2 Å². The highest BCUT2D eigenvalue weighted by Gasteiger charge is 2.13. The Hall–Kier alpha value is -5.36. The lowest BCUT2D eigenvalue weighted by molar-refractivity contribution is 0.742. The number of nitrogens with one attached hydrogen (secondary N) is 2. The summed E-state index contributed by atoms with van der Waals surface area (Å²) in [5.41, 5.74) is 9.23. The van der Waals surface area contributed by atoms with Gasteiger partial charge in [-0.25, -0.2) is 0 Å². The number of allylic oxidation sites excluding steroid dienone is 4. The van der Waals surface area contributed by atoms with Crippen LogP contribution in [-0.4, -0.2) is 6.54 Å². The third-order valence-corrected chi connectivity index (χ3v) is 8.81. The lowest BCUT2D eigenvalue weighted by Gasteiger charge is -2.17. The van der Waals surface area contributed by atoms with Crippen LogP contribution in [0.1, 0.15) is 17.2 Å². The fourth-order valence-corrected chi connectivity index (χ4v) is 6.52. The molecule has 1 unspecified atom stereocenters. The van der Waals surface area contributed by atoms with Crippen molar-refractivity contribution in [1.82, 2.24) is 10.6 Å². The van der Waals surface area contributed by atoms with Gasteiger partial charge in [-0.3, -0.25) is 0 Å². The lowest BCUT2D eigenvalue weighted by atomic mass is 9.97. The molecule has 41 heavy (non-hydrogen) atoms. The molecule has 0 fully saturated rings. The van der Waals surface area contributed by atoms with Crippen LogP contribution < -0.4 is 10.6 Å². The zero-order valence-corrected chi connectivity index (χ0v) is 22.9. The maximum Gasteiger partial charge on any atom is 0.0989 e. The van der Waals surface area contributed by atoms with E-state index in [0.29, 0.717) is 17.7 Å². The van der Waals surface area contributed by atoms with Gasteiger partial charge in [-0.15, -0.1) is 11.3 Å². The van der Waals surface area contributed by atoms with Crippen molar-refractivity contribution in [3.8, 4) is 34.4 Å². The summed E-state index contributed by atoms with van der Waals surface area (Å²) in [6, 6.07) is 35.0. The van der Waals surface area contributed by atoms with Crippen LogP contribution in [0.25, 0.3) is 48.1 Å². The Balaban J connectivity index is 1.19. The SMILES string of the molecule is N#CC1=CCNC(c2ccc(-c3ccc4sc5ccc(-c6ccc(C7C=C(C#N)C=CN7)cc6)cc5c4c3)cc2)=C1. The molecule has 5 aromatic rings. The van der Waals surface area contributed by atoms with Crippen molar-refractivity contribution >= 4 is 37.2 Å².